The van der Waals surface area contributed by atoms with Gasteiger partial charge in [-0.3, -0.25) is 0 Å². The number of rotatable bonds is 3. The summed E-state index contributed by atoms with van der Waals surface area (Å²) in [4.78, 5) is 0. The van der Waals surface area contributed by atoms with Crippen LogP contribution < -0.4 is 5.73 Å². The number of aromatic nitrogens is 4. The van der Waals surface area contributed by atoms with E-state index in [1.807, 2.05) is 29.8 Å². The fourth-order valence-electron chi connectivity index (χ4n) is 2.34. The van der Waals surface area contributed by atoms with E-state index in [2.05, 4.69) is 15.5 Å². The van der Waals surface area contributed by atoms with Crippen LogP contribution in [0, 0.1) is 6.92 Å². The summed E-state index contributed by atoms with van der Waals surface area (Å²) in [5.41, 5.74) is 8.72. The van der Waals surface area contributed by atoms with E-state index in [0.29, 0.717) is 12.1 Å². The standard InChI is InChI=1S/C13H17N5O/c1-8-3-4-9(5-12(8)14)13-15-16-17-18(13)10-6-11(7-10)19-2/h3-5,10-11H,6-7,14H2,1-2H3. The fraction of sp³-hybridized carbons (Fsp3) is 0.462. The van der Waals surface area contributed by atoms with Gasteiger partial charge in [-0.15, -0.1) is 5.10 Å². The third-order valence-electron chi connectivity index (χ3n) is 3.78. The van der Waals surface area contributed by atoms with Gasteiger partial charge in [-0.1, -0.05) is 12.1 Å². The maximum atomic E-state index is 5.95. The number of nitrogen functional groups attached to an aromatic ring is 1. The van der Waals surface area contributed by atoms with Crippen molar-refractivity contribution in [2.75, 3.05) is 12.8 Å². The summed E-state index contributed by atoms with van der Waals surface area (Å²) in [6.07, 6.45) is 2.23. The number of anilines is 1. The Labute approximate surface area is 111 Å². The summed E-state index contributed by atoms with van der Waals surface area (Å²) in [6.45, 7) is 1.98. The van der Waals surface area contributed by atoms with Crippen LogP contribution in [0.25, 0.3) is 11.4 Å². The summed E-state index contributed by atoms with van der Waals surface area (Å²) in [5.74, 6) is 0.770. The molecule has 1 aliphatic rings. The Hall–Kier alpha value is -1.95. The lowest BCUT2D eigenvalue weighted by Crippen LogP contribution is -2.33. The quantitative estimate of drug-likeness (QED) is 0.847. The van der Waals surface area contributed by atoms with Crippen LogP contribution in [0.3, 0.4) is 0 Å². The van der Waals surface area contributed by atoms with Gasteiger partial charge in [-0.2, -0.15) is 0 Å². The van der Waals surface area contributed by atoms with Crippen molar-refractivity contribution in [2.24, 2.45) is 0 Å². The van der Waals surface area contributed by atoms with Gasteiger partial charge in [0.25, 0.3) is 0 Å². The number of methoxy groups -OCH3 is 1. The molecule has 0 bridgehead atoms. The second-order valence-electron chi connectivity index (χ2n) is 5.00. The molecule has 1 saturated carbocycles. The molecule has 1 aromatic heterocycles. The first-order valence-corrected chi connectivity index (χ1v) is 6.36. The molecule has 6 nitrogen and oxygen atoms in total. The van der Waals surface area contributed by atoms with Crippen LogP contribution in [0.15, 0.2) is 18.2 Å². The van der Waals surface area contributed by atoms with Crippen LogP contribution in [-0.4, -0.2) is 33.4 Å². The van der Waals surface area contributed by atoms with Gasteiger partial charge in [0.2, 0.25) is 0 Å². The fourth-order valence-corrected chi connectivity index (χ4v) is 2.34. The van der Waals surface area contributed by atoms with Gasteiger partial charge in [0.15, 0.2) is 5.82 Å². The smallest absolute Gasteiger partial charge is 0.182 e. The van der Waals surface area contributed by atoms with Crippen molar-refractivity contribution in [3.63, 3.8) is 0 Å². The zero-order valence-electron chi connectivity index (χ0n) is 11.1. The molecule has 6 heteroatoms. The van der Waals surface area contributed by atoms with Crippen LogP contribution in [0.1, 0.15) is 24.4 Å². The Morgan fingerprint density at radius 1 is 1.37 bits per heavy atom. The molecule has 1 heterocycles. The van der Waals surface area contributed by atoms with Crippen molar-refractivity contribution in [3.05, 3.63) is 23.8 Å². The summed E-state index contributed by atoms with van der Waals surface area (Å²) in [6, 6.07) is 6.23. The second kappa shape index (κ2) is 4.62. The van der Waals surface area contributed by atoms with E-state index in [1.165, 1.54) is 0 Å². The van der Waals surface area contributed by atoms with Crippen LogP contribution >= 0.6 is 0 Å². The number of hydrogen-bond acceptors (Lipinski definition) is 5. The summed E-state index contributed by atoms with van der Waals surface area (Å²) in [5, 5.41) is 12.0. The largest absolute Gasteiger partial charge is 0.398 e. The number of tetrazole rings is 1. The molecule has 1 fully saturated rings. The molecular formula is C13H17N5O. The van der Waals surface area contributed by atoms with Crippen molar-refractivity contribution in [2.45, 2.75) is 31.9 Å². The molecule has 2 N–H and O–H groups in total. The van der Waals surface area contributed by atoms with E-state index in [1.54, 1.807) is 7.11 Å². The van der Waals surface area contributed by atoms with E-state index < -0.39 is 0 Å². The van der Waals surface area contributed by atoms with E-state index in [4.69, 9.17) is 10.5 Å². The summed E-state index contributed by atoms with van der Waals surface area (Å²) < 4.78 is 7.17. The topological polar surface area (TPSA) is 78.8 Å². The summed E-state index contributed by atoms with van der Waals surface area (Å²) in [7, 11) is 1.74. The average Bonchev–Trinajstić information content (AvgIpc) is 2.80. The number of nitrogens with two attached hydrogens (primary N) is 1. The highest BCUT2D eigenvalue weighted by atomic mass is 16.5. The minimum Gasteiger partial charge on any atom is -0.398 e. The van der Waals surface area contributed by atoms with Gasteiger partial charge < -0.3 is 10.5 Å². The maximum Gasteiger partial charge on any atom is 0.182 e. The molecule has 0 spiro atoms. The van der Waals surface area contributed by atoms with Gasteiger partial charge in [-0.25, -0.2) is 4.68 Å². The molecule has 100 valence electrons. The van der Waals surface area contributed by atoms with Gasteiger partial charge in [-0.05, 0) is 41.8 Å². The van der Waals surface area contributed by atoms with Gasteiger partial charge in [0.1, 0.15) is 0 Å². The highest BCUT2D eigenvalue weighted by Crippen LogP contribution is 2.36. The van der Waals surface area contributed by atoms with Gasteiger partial charge in [0, 0.05) is 18.4 Å². The lowest BCUT2D eigenvalue weighted by atomic mass is 9.89. The van der Waals surface area contributed by atoms with Crippen molar-refractivity contribution in [3.8, 4) is 11.4 Å². The molecule has 1 aliphatic carbocycles. The third kappa shape index (κ3) is 2.08. The number of aryl methyl sites for hydroxylation is 1. The van der Waals surface area contributed by atoms with E-state index in [-0.39, 0.29) is 0 Å². The highest BCUT2D eigenvalue weighted by molar-refractivity contribution is 5.63. The zero-order chi connectivity index (χ0) is 13.4. The molecule has 0 radical (unpaired) electrons. The Morgan fingerprint density at radius 3 is 2.84 bits per heavy atom. The number of hydrogen-bond donors (Lipinski definition) is 1. The molecule has 0 unspecified atom stereocenters. The van der Waals surface area contributed by atoms with Crippen molar-refractivity contribution >= 4 is 5.69 Å². The first-order valence-electron chi connectivity index (χ1n) is 6.36. The average molecular weight is 259 g/mol. The monoisotopic (exact) mass is 259 g/mol. The minimum atomic E-state index is 0.317. The SMILES string of the molecule is COC1CC(n2nnnc2-c2ccc(C)c(N)c2)C1. The molecule has 0 atom stereocenters. The Kier molecular flexibility index (Phi) is 2.94. The van der Waals surface area contributed by atoms with E-state index >= 15 is 0 Å². The van der Waals surface area contributed by atoms with Crippen molar-refractivity contribution in [1.82, 2.24) is 20.2 Å². The number of ether oxygens (including phenoxy) is 1. The van der Waals surface area contributed by atoms with Crippen LogP contribution in [0.5, 0.6) is 0 Å². The first kappa shape index (κ1) is 12.1. The molecule has 1 aromatic carbocycles. The summed E-state index contributed by atoms with van der Waals surface area (Å²) >= 11 is 0. The normalized spacial score (nSPS) is 22.2. The Bertz CT molecular complexity index is 588. The second-order valence-corrected chi connectivity index (χ2v) is 5.00. The minimum absolute atomic E-state index is 0.317. The van der Waals surface area contributed by atoms with Gasteiger partial charge in [0.05, 0.1) is 12.1 Å². The lowest BCUT2D eigenvalue weighted by molar-refractivity contribution is 0.00248. The highest BCUT2D eigenvalue weighted by Gasteiger charge is 2.33. The number of nitrogens with zero attached hydrogens (tertiary/aromatic N) is 4. The van der Waals surface area contributed by atoms with Crippen LogP contribution in [-0.2, 0) is 4.74 Å². The van der Waals surface area contributed by atoms with E-state index in [0.717, 1.165) is 35.5 Å². The third-order valence-corrected chi connectivity index (χ3v) is 3.78. The van der Waals surface area contributed by atoms with E-state index in [9.17, 15) is 0 Å². The molecular weight excluding hydrogens is 242 g/mol. The van der Waals surface area contributed by atoms with Crippen molar-refractivity contribution in [1.29, 1.82) is 0 Å². The number of benzene rings is 1. The van der Waals surface area contributed by atoms with Crippen LogP contribution in [0.2, 0.25) is 0 Å². The Balaban J connectivity index is 1.89. The Morgan fingerprint density at radius 2 is 2.16 bits per heavy atom. The zero-order valence-corrected chi connectivity index (χ0v) is 11.1. The molecule has 0 saturated heterocycles. The predicted octanol–water partition coefficient (Wildman–Crippen LogP) is 1.58. The van der Waals surface area contributed by atoms with Gasteiger partial charge >= 0.3 is 0 Å². The molecule has 3 rings (SSSR count). The van der Waals surface area contributed by atoms with Crippen LogP contribution in [0.4, 0.5) is 5.69 Å². The van der Waals surface area contributed by atoms with Crippen molar-refractivity contribution < 1.29 is 4.74 Å². The first-order chi connectivity index (χ1) is 9.19. The molecule has 19 heavy (non-hydrogen) atoms. The molecule has 0 aliphatic heterocycles. The maximum absolute atomic E-state index is 5.95. The lowest BCUT2D eigenvalue weighted by Gasteiger charge is -2.34. The molecule has 0 amide bonds. The molecule has 2 aromatic rings. The predicted molar refractivity (Wildman–Crippen MR) is 71.5 cm³/mol.